The molecule has 0 atom stereocenters. The van der Waals surface area contributed by atoms with Crippen LogP contribution in [-0.2, 0) is 22.9 Å². The average Bonchev–Trinajstić information content (AvgIpc) is 2.95. The van der Waals surface area contributed by atoms with Crippen molar-refractivity contribution in [2.24, 2.45) is 0 Å². The molecular weight excluding hydrogens is 578 g/mol. The minimum absolute atomic E-state index is 0.0115. The van der Waals surface area contributed by atoms with Crippen LogP contribution in [0.1, 0.15) is 34.8 Å². The maximum absolute atomic E-state index is 13.3. The van der Waals surface area contributed by atoms with E-state index in [4.69, 9.17) is 9.47 Å². The Morgan fingerprint density at radius 1 is 0.897 bits per heavy atom. The second kappa shape index (κ2) is 13.0. The Balaban J connectivity index is 1.71. The number of rotatable bonds is 11. The first-order valence-electron chi connectivity index (χ1n) is 12.6. The summed E-state index contributed by atoms with van der Waals surface area (Å²) in [6.07, 6.45) is 2.08. The maximum atomic E-state index is 13.3. The molecular formula is C31H30BrNO5S. The first-order chi connectivity index (χ1) is 18.8. The fourth-order valence-electron chi connectivity index (χ4n) is 4.16. The number of aryl methyl sites for hydroxylation is 2. The zero-order valence-electron chi connectivity index (χ0n) is 21.8. The number of methoxy groups -OCH3 is 1. The Morgan fingerprint density at radius 3 is 2.33 bits per heavy atom. The van der Waals surface area contributed by atoms with E-state index < -0.39 is 15.9 Å². The van der Waals surface area contributed by atoms with Crippen LogP contribution in [0.15, 0.2) is 100 Å². The third-order valence-corrected chi connectivity index (χ3v) is 8.06. The van der Waals surface area contributed by atoms with Gasteiger partial charge in [-0.25, -0.2) is 13.1 Å². The largest absolute Gasteiger partial charge is 0.497 e. The van der Waals surface area contributed by atoms with Crippen LogP contribution in [0, 0.1) is 0 Å². The predicted octanol–water partition coefficient (Wildman–Crippen LogP) is 6.82. The molecule has 0 aliphatic carbocycles. The van der Waals surface area contributed by atoms with E-state index in [0.29, 0.717) is 36.5 Å². The van der Waals surface area contributed by atoms with Crippen molar-refractivity contribution < 1.29 is 22.7 Å². The van der Waals surface area contributed by atoms with Gasteiger partial charge in [-0.15, -0.1) is 0 Å². The molecule has 0 fully saturated rings. The molecule has 39 heavy (non-hydrogen) atoms. The van der Waals surface area contributed by atoms with E-state index >= 15 is 0 Å². The highest BCUT2D eigenvalue weighted by Crippen LogP contribution is 2.35. The first-order valence-corrected chi connectivity index (χ1v) is 14.9. The second-order valence-electron chi connectivity index (χ2n) is 8.96. The van der Waals surface area contributed by atoms with Crippen LogP contribution in [0.2, 0.25) is 0 Å². The molecule has 0 aliphatic heterocycles. The molecule has 202 valence electrons. The van der Waals surface area contributed by atoms with E-state index in [1.54, 1.807) is 25.3 Å². The van der Waals surface area contributed by atoms with E-state index in [1.165, 1.54) is 12.1 Å². The lowest BCUT2D eigenvalue weighted by molar-refractivity contribution is 0.0980. The molecule has 4 rings (SSSR count). The third kappa shape index (κ3) is 7.28. The van der Waals surface area contributed by atoms with Crippen LogP contribution in [0.4, 0.5) is 0 Å². The molecule has 0 saturated carbocycles. The van der Waals surface area contributed by atoms with Crippen molar-refractivity contribution in [2.75, 3.05) is 13.7 Å². The Morgan fingerprint density at radius 2 is 1.64 bits per heavy atom. The minimum Gasteiger partial charge on any atom is -0.497 e. The highest BCUT2D eigenvalue weighted by molar-refractivity contribution is 9.10. The molecule has 0 bridgehead atoms. The molecule has 4 aromatic rings. The highest BCUT2D eigenvalue weighted by Gasteiger charge is 2.21. The highest BCUT2D eigenvalue weighted by atomic mass is 79.9. The van der Waals surface area contributed by atoms with Gasteiger partial charge in [-0.3, -0.25) is 4.79 Å². The van der Waals surface area contributed by atoms with Crippen molar-refractivity contribution in [3.8, 4) is 22.6 Å². The summed E-state index contributed by atoms with van der Waals surface area (Å²) in [4.78, 5) is 13.3. The quantitative estimate of drug-likeness (QED) is 0.202. The van der Waals surface area contributed by atoms with Gasteiger partial charge in [-0.2, -0.15) is 0 Å². The van der Waals surface area contributed by atoms with Crippen molar-refractivity contribution in [3.05, 3.63) is 112 Å². The molecule has 4 aromatic carbocycles. The lowest BCUT2D eigenvalue weighted by Crippen LogP contribution is -2.31. The maximum Gasteiger partial charge on any atom is 0.265 e. The third-order valence-electron chi connectivity index (χ3n) is 6.19. The summed E-state index contributed by atoms with van der Waals surface area (Å²) >= 11 is 3.30. The van der Waals surface area contributed by atoms with Gasteiger partial charge in [-0.05, 0) is 78.4 Å². The number of hydrogen-bond acceptors (Lipinski definition) is 5. The van der Waals surface area contributed by atoms with Crippen LogP contribution < -0.4 is 14.2 Å². The van der Waals surface area contributed by atoms with Gasteiger partial charge in [0.05, 0.1) is 18.6 Å². The summed E-state index contributed by atoms with van der Waals surface area (Å²) in [5, 5.41) is 0. The number of nitrogens with one attached hydrogen (secondary N) is 1. The van der Waals surface area contributed by atoms with Crippen molar-refractivity contribution in [2.45, 2.75) is 31.1 Å². The van der Waals surface area contributed by atoms with Gasteiger partial charge < -0.3 is 9.47 Å². The van der Waals surface area contributed by atoms with Gasteiger partial charge in [0.2, 0.25) is 0 Å². The topological polar surface area (TPSA) is 81.7 Å². The minimum atomic E-state index is -4.05. The number of carbonyl (C=O) groups is 1. The molecule has 6 nitrogen and oxygen atoms in total. The molecule has 0 aliphatic rings. The zero-order valence-corrected chi connectivity index (χ0v) is 24.2. The normalized spacial score (nSPS) is 11.2. The molecule has 0 radical (unpaired) electrons. The number of ether oxygens (including phenoxy) is 2. The van der Waals surface area contributed by atoms with Crippen LogP contribution in [-0.4, -0.2) is 28.0 Å². The summed E-state index contributed by atoms with van der Waals surface area (Å²) in [6, 6.07) is 27.1. The van der Waals surface area contributed by atoms with Crippen LogP contribution in [0.25, 0.3) is 11.1 Å². The summed E-state index contributed by atoms with van der Waals surface area (Å²) in [5.74, 6) is 0.688. The Kier molecular flexibility index (Phi) is 9.43. The van der Waals surface area contributed by atoms with Gasteiger partial charge in [0.1, 0.15) is 11.5 Å². The van der Waals surface area contributed by atoms with Gasteiger partial charge in [-0.1, -0.05) is 65.3 Å². The number of sulfonamides is 1. The number of amides is 1. The fraction of sp³-hybridized carbons (Fsp3) is 0.194. The van der Waals surface area contributed by atoms with Gasteiger partial charge in [0.25, 0.3) is 15.9 Å². The summed E-state index contributed by atoms with van der Waals surface area (Å²) in [6.45, 7) is 2.59. The van der Waals surface area contributed by atoms with Crippen molar-refractivity contribution in [1.29, 1.82) is 0 Å². The number of halogens is 1. The second-order valence-corrected chi connectivity index (χ2v) is 11.6. The van der Waals surface area contributed by atoms with Crippen molar-refractivity contribution in [1.82, 2.24) is 4.72 Å². The molecule has 1 amide bonds. The fourth-order valence-corrected chi connectivity index (χ4v) is 5.39. The van der Waals surface area contributed by atoms with E-state index in [2.05, 4.69) is 20.7 Å². The molecule has 0 spiro atoms. The van der Waals surface area contributed by atoms with E-state index in [-0.39, 0.29) is 4.90 Å². The first kappa shape index (κ1) is 28.4. The lowest BCUT2D eigenvalue weighted by Gasteiger charge is -2.16. The van der Waals surface area contributed by atoms with Crippen molar-refractivity contribution >= 4 is 31.9 Å². The standard InChI is InChI=1S/C31H30BrNO5S/c1-3-19-38-30-21-26(37-2)14-18-28(30)23-11-17-29(24(20-23)10-9-22-7-5-4-6-8-22)31(34)33-39(35,36)27-15-12-25(32)13-16-27/h4-8,11-18,20-21H,3,9-10,19H2,1-2H3,(H,33,34). The molecule has 1 N–H and O–H groups in total. The smallest absolute Gasteiger partial charge is 0.265 e. The number of carbonyl (C=O) groups excluding carboxylic acids is 1. The Hall–Kier alpha value is -3.62. The predicted molar refractivity (Wildman–Crippen MR) is 157 cm³/mol. The molecule has 0 unspecified atom stereocenters. The van der Waals surface area contributed by atoms with Crippen molar-refractivity contribution in [3.63, 3.8) is 0 Å². The monoisotopic (exact) mass is 607 g/mol. The zero-order chi connectivity index (χ0) is 27.8. The summed E-state index contributed by atoms with van der Waals surface area (Å²) in [7, 11) is -2.44. The number of hydrogen-bond donors (Lipinski definition) is 1. The van der Waals surface area contributed by atoms with Gasteiger partial charge in [0.15, 0.2) is 0 Å². The van der Waals surface area contributed by atoms with Crippen LogP contribution in [0.3, 0.4) is 0 Å². The lowest BCUT2D eigenvalue weighted by atomic mass is 9.94. The summed E-state index contributed by atoms with van der Waals surface area (Å²) < 4.78 is 40.2. The SMILES string of the molecule is CCCOc1cc(OC)ccc1-c1ccc(C(=O)NS(=O)(=O)c2ccc(Br)cc2)c(CCc2ccccc2)c1. The van der Waals surface area contributed by atoms with E-state index in [0.717, 1.165) is 33.1 Å². The Labute approximate surface area is 238 Å². The Bertz CT molecular complexity index is 1540. The summed E-state index contributed by atoms with van der Waals surface area (Å²) in [5.41, 5.74) is 3.88. The van der Waals surface area contributed by atoms with E-state index in [9.17, 15) is 13.2 Å². The van der Waals surface area contributed by atoms with Gasteiger partial charge >= 0.3 is 0 Å². The molecule has 0 saturated heterocycles. The number of benzene rings is 4. The van der Waals surface area contributed by atoms with Crippen LogP contribution in [0.5, 0.6) is 11.5 Å². The van der Waals surface area contributed by atoms with Crippen LogP contribution >= 0.6 is 15.9 Å². The molecule has 8 heteroatoms. The molecule has 0 aromatic heterocycles. The van der Waals surface area contributed by atoms with E-state index in [1.807, 2.05) is 67.6 Å². The average molecular weight is 609 g/mol. The molecule has 0 heterocycles. The van der Waals surface area contributed by atoms with Gasteiger partial charge in [0, 0.05) is 21.7 Å².